The van der Waals surface area contributed by atoms with E-state index in [1.807, 2.05) is 18.2 Å². The number of rotatable bonds is 7. The van der Waals surface area contributed by atoms with Crippen LogP contribution in [0.15, 0.2) is 83.8 Å². The Balaban J connectivity index is 1.47. The normalized spacial score (nSPS) is 12.3. The van der Waals surface area contributed by atoms with E-state index in [9.17, 15) is 13.2 Å². The molecular formula is C22H19N3O4S2. The van der Waals surface area contributed by atoms with Crippen molar-refractivity contribution in [3.05, 3.63) is 78.9 Å². The Morgan fingerprint density at radius 1 is 1.00 bits per heavy atom. The number of anilines is 2. The summed E-state index contributed by atoms with van der Waals surface area (Å²) in [6, 6.07) is 22.4. The lowest BCUT2D eigenvalue weighted by Crippen LogP contribution is -2.30. The quantitative estimate of drug-likeness (QED) is 0.429. The van der Waals surface area contributed by atoms with Gasteiger partial charge in [-0.25, -0.2) is 13.4 Å². The molecule has 158 valence electrons. The Kier molecular flexibility index (Phi) is 5.88. The summed E-state index contributed by atoms with van der Waals surface area (Å²) in [5.41, 5.74) is 1.20. The molecule has 0 saturated heterocycles. The van der Waals surface area contributed by atoms with Gasteiger partial charge in [-0.3, -0.25) is 9.52 Å². The van der Waals surface area contributed by atoms with Gasteiger partial charge in [0.25, 0.3) is 15.9 Å². The van der Waals surface area contributed by atoms with Gasteiger partial charge in [0.1, 0.15) is 5.75 Å². The van der Waals surface area contributed by atoms with Crippen LogP contribution in [0.2, 0.25) is 0 Å². The molecule has 1 heterocycles. The number of carbonyl (C=O) groups excluding carboxylic acids is 1. The van der Waals surface area contributed by atoms with Gasteiger partial charge in [0, 0.05) is 5.69 Å². The number of nitrogens with one attached hydrogen (secondary N) is 2. The molecule has 1 amide bonds. The molecule has 3 aromatic carbocycles. The van der Waals surface area contributed by atoms with Crippen LogP contribution in [-0.2, 0) is 14.8 Å². The second-order valence-corrected chi connectivity index (χ2v) is 9.40. The van der Waals surface area contributed by atoms with Gasteiger partial charge in [-0.05, 0) is 49.4 Å². The van der Waals surface area contributed by atoms with Crippen molar-refractivity contribution in [1.82, 2.24) is 4.98 Å². The van der Waals surface area contributed by atoms with E-state index in [-0.39, 0.29) is 15.9 Å². The lowest BCUT2D eigenvalue weighted by atomic mass is 10.2. The van der Waals surface area contributed by atoms with E-state index in [0.717, 1.165) is 4.70 Å². The fourth-order valence-electron chi connectivity index (χ4n) is 2.82. The maximum absolute atomic E-state index is 12.5. The average molecular weight is 454 g/mol. The number of sulfonamides is 1. The monoisotopic (exact) mass is 453 g/mol. The highest BCUT2D eigenvalue weighted by atomic mass is 32.2. The van der Waals surface area contributed by atoms with Crippen LogP contribution in [0.1, 0.15) is 6.92 Å². The summed E-state index contributed by atoms with van der Waals surface area (Å²) in [6.07, 6.45) is -0.687. The molecule has 0 unspecified atom stereocenters. The lowest BCUT2D eigenvalue weighted by molar-refractivity contribution is -0.122. The summed E-state index contributed by atoms with van der Waals surface area (Å²) in [5, 5.41) is 3.07. The van der Waals surface area contributed by atoms with Gasteiger partial charge in [0.2, 0.25) is 0 Å². The Bertz CT molecular complexity index is 1310. The molecule has 7 nitrogen and oxygen atoms in total. The largest absolute Gasteiger partial charge is 0.481 e. The second-order valence-electron chi connectivity index (χ2n) is 6.68. The molecule has 0 aliphatic heterocycles. The van der Waals surface area contributed by atoms with Crippen molar-refractivity contribution in [3.8, 4) is 5.75 Å². The highest BCUT2D eigenvalue weighted by Gasteiger charge is 2.18. The van der Waals surface area contributed by atoms with Crippen LogP contribution in [0.4, 0.5) is 10.8 Å². The predicted molar refractivity (Wildman–Crippen MR) is 122 cm³/mol. The molecule has 0 aliphatic carbocycles. The number of ether oxygens (including phenoxy) is 1. The molecule has 0 aliphatic rings. The molecule has 4 rings (SSSR count). The smallest absolute Gasteiger partial charge is 0.265 e. The van der Waals surface area contributed by atoms with Crippen LogP contribution < -0.4 is 14.8 Å². The topological polar surface area (TPSA) is 97.4 Å². The first-order valence-corrected chi connectivity index (χ1v) is 11.7. The van der Waals surface area contributed by atoms with E-state index >= 15 is 0 Å². The van der Waals surface area contributed by atoms with Gasteiger partial charge in [-0.1, -0.05) is 47.7 Å². The summed E-state index contributed by atoms with van der Waals surface area (Å²) in [6.45, 7) is 1.67. The molecular weight excluding hydrogens is 434 g/mol. The SMILES string of the molecule is C[C@@H](Oc1ccccc1)C(=O)Nc1ccc2nc(NS(=O)(=O)c3ccccc3)sc2c1. The fraction of sp³-hybridized carbons (Fsp3) is 0.0909. The van der Waals surface area contributed by atoms with Crippen molar-refractivity contribution in [2.45, 2.75) is 17.9 Å². The summed E-state index contributed by atoms with van der Waals surface area (Å²) in [7, 11) is -3.72. The van der Waals surface area contributed by atoms with Crippen molar-refractivity contribution >= 4 is 48.3 Å². The Morgan fingerprint density at radius 2 is 1.68 bits per heavy atom. The van der Waals surface area contributed by atoms with Crippen LogP contribution in [-0.4, -0.2) is 25.4 Å². The number of benzene rings is 3. The fourth-order valence-corrected chi connectivity index (χ4v) is 4.98. The molecule has 0 saturated carbocycles. The van der Waals surface area contributed by atoms with Crippen molar-refractivity contribution in [2.24, 2.45) is 0 Å². The minimum Gasteiger partial charge on any atom is -0.481 e. The van der Waals surface area contributed by atoms with Crippen molar-refractivity contribution in [1.29, 1.82) is 0 Å². The van der Waals surface area contributed by atoms with E-state index in [1.54, 1.807) is 55.5 Å². The first-order chi connectivity index (χ1) is 14.9. The Labute approximate surface area is 183 Å². The molecule has 0 bridgehead atoms. The highest BCUT2D eigenvalue weighted by molar-refractivity contribution is 7.93. The molecule has 0 spiro atoms. The molecule has 1 aromatic heterocycles. The average Bonchev–Trinajstić information content (AvgIpc) is 3.15. The number of hydrogen-bond donors (Lipinski definition) is 2. The number of para-hydroxylation sites is 1. The number of carbonyl (C=O) groups is 1. The molecule has 2 N–H and O–H groups in total. The van der Waals surface area contributed by atoms with Gasteiger partial charge in [-0.2, -0.15) is 0 Å². The zero-order chi connectivity index (χ0) is 21.8. The molecule has 1 atom stereocenters. The van der Waals surface area contributed by atoms with E-state index in [4.69, 9.17) is 4.74 Å². The van der Waals surface area contributed by atoms with Gasteiger partial charge in [0.05, 0.1) is 15.1 Å². The zero-order valence-corrected chi connectivity index (χ0v) is 18.1. The van der Waals surface area contributed by atoms with Crippen LogP contribution >= 0.6 is 11.3 Å². The third kappa shape index (κ3) is 5.01. The van der Waals surface area contributed by atoms with Crippen molar-refractivity contribution in [3.63, 3.8) is 0 Å². The summed E-state index contributed by atoms with van der Waals surface area (Å²) < 4.78 is 33.9. The summed E-state index contributed by atoms with van der Waals surface area (Å²) >= 11 is 1.19. The molecule has 0 fully saturated rings. The maximum Gasteiger partial charge on any atom is 0.265 e. The number of aromatic nitrogens is 1. The van der Waals surface area contributed by atoms with E-state index < -0.39 is 16.1 Å². The van der Waals surface area contributed by atoms with Crippen LogP contribution in [0.3, 0.4) is 0 Å². The van der Waals surface area contributed by atoms with Gasteiger partial charge >= 0.3 is 0 Å². The van der Waals surface area contributed by atoms with Crippen molar-refractivity contribution in [2.75, 3.05) is 10.0 Å². The molecule has 9 heteroatoms. The minimum absolute atomic E-state index is 0.162. The zero-order valence-electron chi connectivity index (χ0n) is 16.5. The minimum atomic E-state index is -3.72. The van der Waals surface area contributed by atoms with Crippen molar-refractivity contribution < 1.29 is 17.9 Å². The maximum atomic E-state index is 12.5. The Morgan fingerprint density at radius 3 is 2.39 bits per heavy atom. The first kappa shape index (κ1) is 20.8. The standard InChI is InChI=1S/C22H19N3O4S2/c1-15(29-17-8-4-2-5-9-17)21(26)23-16-12-13-19-20(14-16)30-22(24-19)25-31(27,28)18-10-6-3-7-11-18/h2-15H,1H3,(H,23,26)(H,24,25)/t15-/m1/s1. The number of amides is 1. The highest BCUT2D eigenvalue weighted by Crippen LogP contribution is 2.30. The van der Waals surface area contributed by atoms with E-state index in [2.05, 4.69) is 15.0 Å². The first-order valence-electron chi connectivity index (χ1n) is 9.42. The Hall–Kier alpha value is -3.43. The van der Waals surface area contributed by atoms with Gasteiger partial charge in [-0.15, -0.1) is 0 Å². The number of fused-ring (bicyclic) bond motifs is 1. The van der Waals surface area contributed by atoms with Crippen LogP contribution in [0.25, 0.3) is 10.2 Å². The molecule has 4 aromatic rings. The lowest BCUT2D eigenvalue weighted by Gasteiger charge is -2.14. The summed E-state index contributed by atoms with van der Waals surface area (Å²) in [5.74, 6) is 0.316. The second kappa shape index (κ2) is 8.75. The third-order valence-corrected chi connectivity index (χ3v) is 6.77. The molecule has 0 radical (unpaired) electrons. The third-order valence-electron chi connectivity index (χ3n) is 4.36. The number of nitrogens with zero attached hydrogens (tertiary/aromatic N) is 1. The molecule has 31 heavy (non-hydrogen) atoms. The predicted octanol–water partition coefficient (Wildman–Crippen LogP) is 4.50. The van der Waals surface area contributed by atoms with Crippen LogP contribution in [0, 0.1) is 0 Å². The van der Waals surface area contributed by atoms with E-state index in [0.29, 0.717) is 17.0 Å². The van der Waals surface area contributed by atoms with Crippen LogP contribution in [0.5, 0.6) is 5.75 Å². The van der Waals surface area contributed by atoms with Gasteiger partial charge < -0.3 is 10.1 Å². The van der Waals surface area contributed by atoms with Gasteiger partial charge in [0.15, 0.2) is 11.2 Å². The number of thiazole rings is 1. The number of hydrogen-bond acceptors (Lipinski definition) is 6. The van der Waals surface area contributed by atoms with E-state index in [1.165, 1.54) is 23.5 Å². The summed E-state index contributed by atoms with van der Waals surface area (Å²) in [4.78, 5) is 16.9.